The largest absolute Gasteiger partial charge is 0.496 e. The van der Waals surface area contributed by atoms with Crippen LogP contribution in [0.4, 0.5) is 5.69 Å². The quantitative estimate of drug-likeness (QED) is 0.108. The normalized spacial score (nSPS) is 11.5. The van der Waals surface area contributed by atoms with Crippen LogP contribution in [0.1, 0.15) is 39.5 Å². The summed E-state index contributed by atoms with van der Waals surface area (Å²) in [5.74, 6) is 1.11. The van der Waals surface area contributed by atoms with Gasteiger partial charge in [0, 0.05) is 55.1 Å². The summed E-state index contributed by atoms with van der Waals surface area (Å²) in [5.41, 5.74) is 7.93. The molecule has 3 aromatic heterocycles. The number of unbranched alkanes of at least 4 members (excludes halogenated alkanes) is 2. The number of fused-ring (bicyclic) bond motifs is 3. The average molecular weight is 759 g/mol. The second kappa shape index (κ2) is 15.9. The topological polar surface area (TPSA) is 87.0 Å². The van der Waals surface area contributed by atoms with E-state index in [1.165, 1.54) is 0 Å². The van der Waals surface area contributed by atoms with E-state index in [0.717, 1.165) is 94.3 Å². The molecule has 8 heteroatoms. The van der Waals surface area contributed by atoms with Crippen LogP contribution in [0, 0.1) is 0 Å². The lowest BCUT2D eigenvalue weighted by Crippen LogP contribution is -2.25. The van der Waals surface area contributed by atoms with Gasteiger partial charge in [-0.05, 0) is 94.4 Å². The first-order valence-electron chi connectivity index (χ1n) is 19.6. The third kappa shape index (κ3) is 7.31. The van der Waals surface area contributed by atoms with E-state index in [9.17, 15) is 9.59 Å². The Labute approximate surface area is 331 Å². The Bertz CT molecular complexity index is 2860. The summed E-state index contributed by atoms with van der Waals surface area (Å²) in [7, 11) is 5.12. The molecule has 0 spiro atoms. The molecule has 0 bridgehead atoms. The van der Waals surface area contributed by atoms with Crippen molar-refractivity contribution < 1.29 is 18.3 Å². The highest BCUT2D eigenvalue weighted by atomic mass is 16.5. The minimum Gasteiger partial charge on any atom is -0.496 e. The molecule has 8 aromatic rings. The lowest BCUT2D eigenvalue weighted by Gasteiger charge is -2.24. The van der Waals surface area contributed by atoms with Crippen molar-refractivity contribution in [2.24, 2.45) is 7.05 Å². The van der Waals surface area contributed by atoms with Crippen molar-refractivity contribution in [3.05, 3.63) is 136 Å². The van der Waals surface area contributed by atoms with Gasteiger partial charge >= 0.3 is 11.3 Å². The van der Waals surface area contributed by atoms with Crippen molar-refractivity contribution in [3.8, 4) is 56.3 Å². The van der Waals surface area contributed by atoms with Gasteiger partial charge in [-0.15, -0.1) is 0 Å². The molecule has 8 nitrogen and oxygen atoms in total. The van der Waals surface area contributed by atoms with Gasteiger partial charge in [-0.1, -0.05) is 75.2 Å². The van der Waals surface area contributed by atoms with Crippen LogP contribution < -0.4 is 25.6 Å². The summed E-state index contributed by atoms with van der Waals surface area (Å²) >= 11 is 0. The number of aromatic nitrogens is 1. The van der Waals surface area contributed by atoms with E-state index >= 15 is 0 Å². The van der Waals surface area contributed by atoms with Gasteiger partial charge in [-0.2, -0.15) is 0 Å². The minimum atomic E-state index is -0.435. The molecule has 0 N–H and O–H groups in total. The van der Waals surface area contributed by atoms with Crippen molar-refractivity contribution in [3.63, 3.8) is 0 Å². The summed E-state index contributed by atoms with van der Waals surface area (Å²) in [6.07, 6.45) is 4.51. The average Bonchev–Trinajstić information content (AvgIpc) is 3.62. The van der Waals surface area contributed by atoms with Crippen LogP contribution in [-0.2, 0) is 7.05 Å². The number of rotatable bonds is 13. The molecule has 5 aromatic carbocycles. The van der Waals surface area contributed by atoms with Gasteiger partial charge in [0.25, 0.3) is 0 Å². The summed E-state index contributed by atoms with van der Waals surface area (Å²) in [5, 5.41) is 3.79. The molecule has 0 unspecified atom stereocenters. The molecule has 0 aliphatic heterocycles. The monoisotopic (exact) mass is 758 g/mol. The van der Waals surface area contributed by atoms with Crippen molar-refractivity contribution in [2.75, 3.05) is 32.2 Å². The second-order valence-electron chi connectivity index (χ2n) is 14.6. The highest BCUT2D eigenvalue weighted by Crippen LogP contribution is 2.35. The predicted octanol–water partition coefficient (Wildman–Crippen LogP) is 11.5. The molecule has 288 valence electrons. The van der Waals surface area contributed by atoms with E-state index in [-0.39, 0.29) is 5.63 Å². The molecule has 0 saturated carbocycles. The van der Waals surface area contributed by atoms with E-state index in [1.807, 2.05) is 49.5 Å². The fourth-order valence-electron chi connectivity index (χ4n) is 7.69. The van der Waals surface area contributed by atoms with Crippen LogP contribution in [0.2, 0.25) is 0 Å². The molecule has 0 fully saturated rings. The van der Waals surface area contributed by atoms with Crippen LogP contribution in [0.5, 0.6) is 11.5 Å². The summed E-state index contributed by atoms with van der Waals surface area (Å²) in [6, 6.07) is 38.2. The van der Waals surface area contributed by atoms with Gasteiger partial charge < -0.3 is 27.8 Å². The Balaban J connectivity index is 1.07. The first-order chi connectivity index (χ1) is 27.8. The summed E-state index contributed by atoms with van der Waals surface area (Å²) in [4.78, 5) is 29.0. The van der Waals surface area contributed by atoms with E-state index in [2.05, 4.69) is 77.9 Å². The molecule has 57 heavy (non-hydrogen) atoms. The van der Waals surface area contributed by atoms with Gasteiger partial charge in [0.05, 0.1) is 36.4 Å². The molecule has 0 atom stereocenters. The fourth-order valence-corrected chi connectivity index (χ4v) is 7.69. The van der Waals surface area contributed by atoms with Crippen LogP contribution in [0.15, 0.2) is 134 Å². The zero-order valence-corrected chi connectivity index (χ0v) is 33.1. The first-order valence-corrected chi connectivity index (χ1v) is 19.6. The molecule has 8 rings (SSSR count). The standard InChI is InChI=1S/C49H46N2O6/c1-6-8-22-51(23-9-7-2)38-19-18-36-26-41(49(53)56-45(36)27-38)44-21-20-43(50(44)3)35-17-13-32-12-16-34(24-37(32)25-35)31-10-14-33(15-11-31)40-30-42-46(55-5)28-39(54-4)29-47(42)57-48(40)52/h10-21,24-30H,6-9,22-23H2,1-5H3. The predicted molar refractivity (Wildman–Crippen MR) is 232 cm³/mol. The molecule has 0 aliphatic carbocycles. The highest BCUT2D eigenvalue weighted by Gasteiger charge is 2.17. The van der Waals surface area contributed by atoms with Gasteiger partial charge in [-0.3, -0.25) is 0 Å². The number of hydrogen-bond acceptors (Lipinski definition) is 7. The van der Waals surface area contributed by atoms with Crippen molar-refractivity contribution in [1.82, 2.24) is 4.57 Å². The zero-order chi connectivity index (χ0) is 39.6. The molecular weight excluding hydrogens is 713 g/mol. The van der Waals surface area contributed by atoms with Crippen molar-refractivity contribution >= 4 is 38.4 Å². The smallest absolute Gasteiger partial charge is 0.345 e. The van der Waals surface area contributed by atoms with E-state index in [0.29, 0.717) is 39.2 Å². The molecular formula is C49H46N2O6. The SMILES string of the molecule is CCCCN(CCCC)c1ccc2cc(-c3ccc(-c4ccc5ccc(-c6ccc(-c7cc8c(OC)cc(OC)cc8oc7=O)cc6)cc5c4)n3C)c(=O)oc2c1. The number of methoxy groups -OCH3 is 2. The Morgan fingerprint density at radius 1 is 0.561 bits per heavy atom. The zero-order valence-electron chi connectivity index (χ0n) is 33.1. The van der Waals surface area contributed by atoms with Gasteiger partial charge in [-0.25, -0.2) is 9.59 Å². The molecule has 0 saturated heterocycles. The Hall–Kier alpha value is -6.54. The van der Waals surface area contributed by atoms with Gasteiger partial charge in [0.15, 0.2) is 0 Å². The highest BCUT2D eigenvalue weighted by molar-refractivity contribution is 5.92. The molecule has 0 radical (unpaired) electrons. The lowest BCUT2D eigenvalue weighted by molar-refractivity contribution is 0.396. The van der Waals surface area contributed by atoms with Crippen molar-refractivity contribution in [1.29, 1.82) is 0 Å². The molecule has 0 amide bonds. The van der Waals surface area contributed by atoms with E-state index < -0.39 is 5.63 Å². The molecule has 3 heterocycles. The third-order valence-electron chi connectivity index (χ3n) is 11.0. The second-order valence-corrected chi connectivity index (χ2v) is 14.6. The maximum atomic E-state index is 13.5. The van der Waals surface area contributed by atoms with Gasteiger partial charge in [0.1, 0.15) is 22.7 Å². The van der Waals surface area contributed by atoms with Crippen molar-refractivity contribution in [2.45, 2.75) is 39.5 Å². The number of anilines is 1. The van der Waals surface area contributed by atoms with Gasteiger partial charge in [0.2, 0.25) is 0 Å². The maximum Gasteiger partial charge on any atom is 0.345 e. The van der Waals surface area contributed by atoms with Crippen LogP contribution >= 0.6 is 0 Å². The van der Waals surface area contributed by atoms with Crippen LogP contribution in [0.25, 0.3) is 77.5 Å². The van der Waals surface area contributed by atoms with E-state index in [4.69, 9.17) is 18.3 Å². The Kier molecular flexibility index (Phi) is 10.4. The number of ether oxygens (including phenoxy) is 2. The van der Waals surface area contributed by atoms with E-state index in [1.54, 1.807) is 32.4 Å². The number of benzene rings is 5. The third-order valence-corrected chi connectivity index (χ3v) is 11.0. The number of hydrogen-bond donors (Lipinski definition) is 0. The Morgan fingerprint density at radius 3 is 1.91 bits per heavy atom. The summed E-state index contributed by atoms with van der Waals surface area (Å²) < 4.78 is 24.6. The Morgan fingerprint density at radius 2 is 1.19 bits per heavy atom. The lowest BCUT2D eigenvalue weighted by atomic mass is 9.97. The van der Waals surface area contributed by atoms with Crippen LogP contribution in [-0.4, -0.2) is 31.9 Å². The fraction of sp³-hybridized carbons (Fsp3) is 0.224. The first kappa shape index (κ1) is 37.4. The molecule has 0 aliphatic rings. The number of nitrogens with zero attached hydrogens (tertiary/aromatic N) is 2. The minimum absolute atomic E-state index is 0.350. The van der Waals surface area contributed by atoms with Crippen LogP contribution in [0.3, 0.4) is 0 Å². The maximum absolute atomic E-state index is 13.5. The summed E-state index contributed by atoms with van der Waals surface area (Å²) in [6.45, 7) is 6.39.